The molecule has 0 spiro atoms. The van der Waals surface area contributed by atoms with Crippen LogP contribution in [-0.2, 0) is 23.7 Å². The second-order valence-electron chi connectivity index (χ2n) is 9.70. The van der Waals surface area contributed by atoms with Gasteiger partial charge >= 0.3 is 0 Å². The molecule has 0 aromatic heterocycles. The summed E-state index contributed by atoms with van der Waals surface area (Å²) in [6.45, 7) is 1.50. The second-order valence-corrected chi connectivity index (χ2v) is 9.70. The topological polar surface area (TPSA) is 248 Å². The first-order chi connectivity index (χ1) is 18.1. The number of hydrogen-bond acceptors (Lipinski definition) is 15. The summed E-state index contributed by atoms with van der Waals surface area (Å²) in [6.07, 6.45) is -19.5. The number of rotatable bonds is 11. The van der Waals surface area contributed by atoms with E-state index in [1.807, 2.05) is 0 Å². The highest BCUT2D eigenvalue weighted by Gasteiger charge is 2.53. The molecule has 10 N–H and O–H groups in total. The highest BCUT2D eigenvalue weighted by atomic mass is 16.7. The van der Waals surface area contributed by atoms with Gasteiger partial charge in [0, 0.05) is 0 Å². The first kappa shape index (κ1) is 31.7. The van der Waals surface area contributed by atoms with Crippen molar-refractivity contribution in [2.45, 2.75) is 111 Å². The standard InChI is InChI=1S/C23H40O15/c1-2-3-4-5-9-13(27)16(30)20(11(7-25)34-9)37-23-19(33)17(31)21(12(8-26)36-23)38-22-18(32)15(29)14(28)10(6-24)35-22/h2,9-33H,1,3-8H2/t9-,10+,11+,12+,13-,14-,15-,16+,17+,18+,19+,20+,21+,22-,23-/m0/s1. The van der Waals surface area contributed by atoms with Crippen LogP contribution in [0.2, 0.25) is 0 Å². The smallest absolute Gasteiger partial charge is 0.187 e. The van der Waals surface area contributed by atoms with Crippen molar-refractivity contribution in [1.82, 2.24) is 0 Å². The van der Waals surface area contributed by atoms with Gasteiger partial charge in [0.2, 0.25) is 0 Å². The molecule has 38 heavy (non-hydrogen) atoms. The fourth-order valence-electron chi connectivity index (χ4n) is 4.86. The van der Waals surface area contributed by atoms with Crippen LogP contribution in [0.1, 0.15) is 19.3 Å². The number of aliphatic hydroxyl groups excluding tert-OH is 10. The van der Waals surface area contributed by atoms with Crippen LogP contribution in [0.5, 0.6) is 0 Å². The van der Waals surface area contributed by atoms with E-state index in [4.69, 9.17) is 23.7 Å². The van der Waals surface area contributed by atoms with E-state index in [1.165, 1.54) is 0 Å². The lowest BCUT2D eigenvalue weighted by Gasteiger charge is -2.48. The largest absolute Gasteiger partial charge is 0.394 e. The van der Waals surface area contributed by atoms with Crippen molar-refractivity contribution >= 4 is 0 Å². The van der Waals surface area contributed by atoms with E-state index < -0.39 is 112 Å². The molecule has 0 aliphatic carbocycles. The molecular formula is C23H40O15. The molecule has 3 aliphatic heterocycles. The molecule has 15 nitrogen and oxygen atoms in total. The summed E-state index contributed by atoms with van der Waals surface area (Å²) in [5, 5.41) is 102. The summed E-state index contributed by atoms with van der Waals surface area (Å²) in [6, 6.07) is 0. The number of allylic oxidation sites excluding steroid dienone is 1. The zero-order valence-electron chi connectivity index (χ0n) is 20.7. The van der Waals surface area contributed by atoms with Crippen LogP contribution in [0.25, 0.3) is 0 Å². The Kier molecular flexibility index (Phi) is 11.8. The SMILES string of the molecule is C=CCCC[C@@H]1O[C@H](CO)[C@@H](O[C@@H]2O[C@H](CO)[C@@H](O[C@@H]3O[C@H](CO)[C@H](O)[C@H](O)[C@H]3O)[C@H](O)[C@H]2O)[C@H](O)[C@H]1O. The molecule has 0 aromatic carbocycles. The van der Waals surface area contributed by atoms with Crippen LogP contribution in [0.3, 0.4) is 0 Å². The average Bonchev–Trinajstić information content (AvgIpc) is 2.91. The molecule has 222 valence electrons. The molecule has 0 unspecified atom stereocenters. The van der Waals surface area contributed by atoms with Gasteiger partial charge in [-0.15, -0.1) is 6.58 Å². The maximum Gasteiger partial charge on any atom is 0.187 e. The van der Waals surface area contributed by atoms with Crippen LogP contribution in [-0.4, -0.2) is 163 Å². The minimum absolute atomic E-state index is 0.373. The van der Waals surface area contributed by atoms with Gasteiger partial charge in [0.25, 0.3) is 0 Å². The molecule has 3 heterocycles. The second kappa shape index (κ2) is 14.2. The van der Waals surface area contributed by atoms with E-state index >= 15 is 0 Å². The molecular weight excluding hydrogens is 516 g/mol. The minimum Gasteiger partial charge on any atom is -0.394 e. The molecule has 15 atom stereocenters. The molecule has 3 saturated heterocycles. The number of unbranched alkanes of at least 4 members (excludes halogenated alkanes) is 1. The van der Waals surface area contributed by atoms with E-state index in [0.717, 1.165) is 0 Å². The van der Waals surface area contributed by atoms with Gasteiger partial charge in [0.1, 0.15) is 73.2 Å². The number of aliphatic hydroxyl groups is 10. The first-order valence-electron chi connectivity index (χ1n) is 12.6. The number of ether oxygens (including phenoxy) is 5. The zero-order chi connectivity index (χ0) is 28.1. The normalized spacial score (nSPS) is 48.1. The third-order valence-corrected chi connectivity index (χ3v) is 7.11. The van der Waals surface area contributed by atoms with Crippen molar-refractivity contribution in [3.63, 3.8) is 0 Å². The molecule has 3 aliphatic rings. The molecule has 0 radical (unpaired) electrons. The van der Waals surface area contributed by atoms with E-state index in [-0.39, 0.29) is 0 Å². The fraction of sp³-hybridized carbons (Fsp3) is 0.913. The van der Waals surface area contributed by atoms with Gasteiger partial charge in [-0.2, -0.15) is 0 Å². The molecule has 0 amide bonds. The summed E-state index contributed by atoms with van der Waals surface area (Å²) in [4.78, 5) is 0. The van der Waals surface area contributed by atoms with Crippen molar-refractivity contribution < 1.29 is 74.7 Å². The quantitative estimate of drug-likeness (QED) is 0.0844. The summed E-state index contributed by atoms with van der Waals surface area (Å²) in [7, 11) is 0. The van der Waals surface area contributed by atoms with E-state index in [1.54, 1.807) is 6.08 Å². The van der Waals surface area contributed by atoms with Crippen LogP contribution >= 0.6 is 0 Å². The predicted molar refractivity (Wildman–Crippen MR) is 123 cm³/mol. The predicted octanol–water partition coefficient (Wildman–Crippen LogP) is -5.17. The lowest BCUT2D eigenvalue weighted by atomic mass is 9.92. The molecule has 3 rings (SSSR count). The Balaban J connectivity index is 1.69. The Hall–Kier alpha value is -0.860. The molecule has 0 bridgehead atoms. The van der Waals surface area contributed by atoms with Gasteiger partial charge in [-0.05, 0) is 19.3 Å². The molecule has 0 saturated carbocycles. The monoisotopic (exact) mass is 556 g/mol. The van der Waals surface area contributed by atoms with Crippen LogP contribution < -0.4 is 0 Å². The molecule has 3 fully saturated rings. The highest BCUT2D eigenvalue weighted by Crippen LogP contribution is 2.33. The Morgan fingerprint density at radius 3 is 1.53 bits per heavy atom. The average molecular weight is 557 g/mol. The van der Waals surface area contributed by atoms with Crippen LogP contribution in [0.15, 0.2) is 12.7 Å². The summed E-state index contributed by atoms with van der Waals surface area (Å²) >= 11 is 0. The van der Waals surface area contributed by atoms with Crippen molar-refractivity contribution in [3.05, 3.63) is 12.7 Å². The summed E-state index contributed by atoms with van der Waals surface area (Å²) in [5.74, 6) is 0. The first-order valence-corrected chi connectivity index (χ1v) is 12.6. The van der Waals surface area contributed by atoms with Gasteiger partial charge in [-0.25, -0.2) is 0 Å². The van der Waals surface area contributed by atoms with Crippen LogP contribution in [0, 0.1) is 0 Å². The Morgan fingerprint density at radius 2 is 1.00 bits per heavy atom. The van der Waals surface area contributed by atoms with Gasteiger partial charge in [0.15, 0.2) is 12.6 Å². The third-order valence-electron chi connectivity index (χ3n) is 7.11. The zero-order valence-corrected chi connectivity index (χ0v) is 20.7. The van der Waals surface area contributed by atoms with Gasteiger partial charge in [0.05, 0.1) is 25.9 Å². The Morgan fingerprint density at radius 1 is 0.553 bits per heavy atom. The van der Waals surface area contributed by atoms with E-state index in [0.29, 0.717) is 19.3 Å². The maximum atomic E-state index is 10.8. The van der Waals surface area contributed by atoms with Crippen LogP contribution in [0.4, 0.5) is 0 Å². The van der Waals surface area contributed by atoms with E-state index in [2.05, 4.69) is 6.58 Å². The Labute approximate surface area is 219 Å². The van der Waals surface area contributed by atoms with Crippen molar-refractivity contribution in [2.24, 2.45) is 0 Å². The van der Waals surface area contributed by atoms with Crippen molar-refractivity contribution in [1.29, 1.82) is 0 Å². The minimum atomic E-state index is -1.86. The molecule has 15 heteroatoms. The molecule has 0 aromatic rings. The van der Waals surface area contributed by atoms with Crippen molar-refractivity contribution in [3.8, 4) is 0 Å². The number of hydrogen-bond donors (Lipinski definition) is 10. The van der Waals surface area contributed by atoms with E-state index in [9.17, 15) is 51.1 Å². The van der Waals surface area contributed by atoms with Gasteiger partial charge in [-0.3, -0.25) is 0 Å². The van der Waals surface area contributed by atoms with Gasteiger partial charge in [-0.1, -0.05) is 6.08 Å². The summed E-state index contributed by atoms with van der Waals surface area (Å²) in [5.41, 5.74) is 0. The highest BCUT2D eigenvalue weighted by molar-refractivity contribution is 4.97. The maximum absolute atomic E-state index is 10.8. The summed E-state index contributed by atoms with van der Waals surface area (Å²) < 4.78 is 27.6. The van der Waals surface area contributed by atoms with Gasteiger partial charge < -0.3 is 74.7 Å². The third kappa shape index (κ3) is 6.71. The lowest BCUT2D eigenvalue weighted by Crippen LogP contribution is -2.66. The van der Waals surface area contributed by atoms with Crippen molar-refractivity contribution in [2.75, 3.05) is 19.8 Å². The Bertz CT molecular complexity index is 723. The fourth-order valence-corrected chi connectivity index (χ4v) is 4.86. The lowest BCUT2D eigenvalue weighted by molar-refractivity contribution is -0.372.